The van der Waals surface area contributed by atoms with Gasteiger partial charge in [-0.1, -0.05) is 4.49 Å². The average Bonchev–Trinajstić information content (AvgIpc) is 2.88. The van der Waals surface area contributed by atoms with Crippen LogP contribution in [0.5, 0.6) is 0 Å². The summed E-state index contributed by atoms with van der Waals surface area (Å²) in [6, 6.07) is 0.274. The molecule has 2 aromatic heterocycles. The Morgan fingerprint density at radius 1 is 1.56 bits per heavy atom. The Labute approximate surface area is 98.7 Å². The zero-order valence-electron chi connectivity index (χ0n) is 9.64. The minimum atomic E-state index is 0.274. The van der Waals surface area contributed by atoms with Crippen molar-refractivity contribution < 1.29 is 0 Å². The zero-order chi connectivity index (χ0) is 11.5. The lowest BCUT2D eigenvalue weighted by atomic mass is 10.1. The van der Waals surface area contributed by atoms with Gasteiger partial charge in [-0.3, -0.25) is 4.68 Å². The Morgan fingerprint density at radius 2 is 2.38 bits per heavy atom. The van der Waals surface area contributed by atoms with Gasteiger partial charge in [0, 0.05) is 36.3 Å². The molecule has 1 N–H and O–H groups in total. The minimum absolute atomic E-state index is 0.274. The van der Waals surface area contributed by atoms with Crippen LogP contribution in [-0.2, 0) is 13.6 Å². The molecule has 2 heterocycles. The third-order valence-electron chi connectivity index (χ3n) is 2.73. The summed E-state index contributed by atoms with van der Waals surface area (Å²) in [6.07, 6.45) is 1.91. The van der Waals surface area contributed by atoms with Crippen molar-refractivity contribution in [1.82, 2.24) is 24.7 Å². The second kappa shape index (κ2) is 4.71. The number of rotatable bonds is 4. The molecule has 0 fully saturated rings. The van der Waals surface area contributed by atoms with E-state index in [1.165, 1.54) is 22.8 Å². The van der Waals surface area contributed by atoms with Gasteiger partial charge in [0.2, 0.25) is 0 Å². The highest BCUT2D eigenvalue weighted by molar-refractivity contribution is 7.03. The molecule has 2 rings (SSSR count). The molecule has 0 spiro atoms. The standard InChI is InChI=1S/C10H15N5S/c1-7(10-5-12-15(3)8(10)2)11-4-9-6-16-14-13-9/h5-7,11H,4H2,1-3H3. The van der Waals surface area contributed by atoms with Gasteiger partial charge in [0.1, 0.15) is 0 Å². The molecule has 0 amide bonds. The van der Waals surface area contributed by atoms with Crippen molar-refractivity contribution in [2.75, 3.05) is 0 Å². The minimum Gasteiger partial charge on any atom is -0.304 e. The fraction of sp³-hybridized carbons (Fsp3) is 0.500. The summed E-state index contributed by atoms with van der Waals surface area (Å²) in [5, 5.41) is 13.6. The Balaban J connectivity index is 1.98. The number of aromatic nitrogens is 4. The summed E-state index contributed by atoms with van der Waals surface area (Å²) in [5.74, 6) is 0. The van der Waals surface area contributed by atoms with Crippen molar-refractivity contribution in [2.45, 2.75) is 26.4 Å². The molecule has 1 atom stereocenters. The molecule has 1 unspecified atom stereocenters. The van der Waals surface area contributed by atoms with Crippen molar-refractivity contribution in [3.05, 3.63) is 28.5 Å². The molecule has 0 aliphatic rings. The van der Waals surface area contributed by atoms with Crippen LogP contribution >= 0.6 is 11.5 Å². The molecular formula is C10H15N5S. The van der Waals surface area contributed by atoms with Gasteiger partial charge in [-0.2, -0.15) is 5.10 Å². The molecule has 0 radical (unpaired) electrons. The zero-order valence-corrected chi connectivity index (χ0v) is 10.5. The molecule has 0 saturated heterocycles. The number of nitrogens with zero attached hydrogens (tertiary/aromatic N) is 4. The monoisotopic (exact) mass is 237 g/mol. The van der Waals surface area contributed by atoms with E-state index in [9.17, 15) is 0 Å². The van der Waals surface area contributed by atoms with E-state index in [0.29, 0.717) is 0 Å². The van der Waals surface area contributed by atoms with Crippen LogP contribution in [0.1, 0.15) is 29.9 Å². The summed E-state index contributed by atoms with van der Waals surface area (Å²) < 4.78 is 5.72. The lowest BCUT2D eigenvalue weighted by Gasteiger charge is -2.12. The first-order valence-electron chi connectivity index (χ1n) is 5.16. The molecule has 0 saturated carbocycles. The number of hydrogen-bond acceptors (Lipinski definition) is 5. The Morgan fingerprint density at radius 3 is 2.94 bits per heavy atom. The van der Waals surface area contributed by atoms with Crippen LogP contribution in [0.2, 0.25) is 0 Å². The van der Waals surface area contributed by atoms with Gasteiger partial charge >= 0.3 is 0 Å². The van der Waals surface area contributed by atoms with Crippen molar-refractivity contribution in [1.29, 1.82) is 0 Å². The first-order valence-corrected chi connectivity index (χ1v) is 6.00. The topological polar surface area (TPSA) is 55.6 Å². The molecule has 2 aromatic rings. The Bertz CT molecular complexity index is 448. The highest BCUT2D eigenvalue weighted by Gasteiger charge is 2.11. The molecule has 6 heteroatoms. The number of hydrogen-bond donors (Lipinski definition) is 1. The van der Waals surface area contributed by atoms with E-state index in [4.69, 9.17) is 0 Å². The van der Waals surface area contributed by atoms with Gasteiger partial charge < -0.3 is 5.32 Å². The second-order valence-electron chi connectivity index (χ2n) is 3.81. The van der Waals surface area contributed by atoms with E-state index in [-0.39, 0.29) is 6.04 Å². The van der Waals surface area contributed by atoms with E-state index in [0.717, 1.165) is 12.2 Å². The molecule has 0 aliphatic heterocycles. The van der Waals surface area contributed by atoms with Gasteiger partial charge in [-0.15, -0.1) is 5.10 Å². The van der Waals surface area contributed by atoms with E-state index >= 15 is 0 Å². The van der Waals surface area contributed by atoms with E-state index in [1.807, 2.05) is 23.3 Å². The molecule has 16 heavy (non-hydrogen) atoms. The van der Waals surface area contributed by atoms with Crippen molar-refractivity contribution in [3.8, 4) is 0 Å². The lowest BCUT2D eigenvalue weighted by molar-refractivity contribution is 0.563. The first kappa shape index (κ1) is 11.2. The fourth-order valence-electron chi connectivity index (χ4n) is 1.57. The van der Waals surface area contributed by atoms with Crippen molar-refractivity contribution in [3.63, 3.8) is 0 Å². The van der Waals surface area contributed by atoms with Gasteiger partial charge in [0.05, 0.1) is 11.9 Å². The van der Waals surface area contributed by atoms with Crippen LogP contribution < -0.4 is 5.32 Å². The van der Waals surface area contributed by atoms with E-state index < -0.39 is 0 Å². The Kier molecular flexibility index (Phi) is 3.31. The van der Waals surface area contributed by atoms with Crippen molar-refractivity contribution in [2.24, 2.45) is 7.05 Å². The molecular weight excluding hydrogens is 222 g/mol. The fourth-order valence-corrected chi connectivity index (χ4v) is 2.02. The number of aryl methyl sites for hydroxylation is 1. The van der Waals surface area contributed by atoms with Crippen LogP contribution in [-0.4, -0.2) is 19.4 Å². The smallest absolute Gasteiger partial charge is 0.0893 e. The maximum atomic E-state index is 4.23. The maximum absolute atomic E-state index is 4.23. The molecule has 0 aromatic carbocycles. The first-order chi connectivity index (χ1) is 7.68. The third kappa shape index (κ3) is 2.28. The van der Waals surface area contributed by atoms with Crippen LogP contribution in [0.15, 0.2) is 11.6 Å². The molecule has 5 nitrogen and oxygen atoms in total. The van der Waals surface area contributed by atoms with Crippen LogP contribution in [0.3, 0.4) is 0 Å². The second-order valence-corrected chi connectivity index (χ2v) is 4.42. The van der Waals surface area contributed by atoms with Crippen molar-refractivity contribution >= 4 is 11.5 Å². The lowest BCUT2D eigenvalue weighted by Crippen LogP contribution is -2.18. The average molecular weight is 237 g/mol. The van der Waals surface area contributed by atoms with Gasteiger partial charge in [-0.05, 0) is 25.4 Å². The van der Waals surface area contributed by atoms with Crippen LogP contribution in [0, 0.1) is 6.92 Å². The highest BCUT2D eigenvalue weighted by Crippen LogP contribution is 2.16. The largest absolute Gasteiger partial charge is 0.304 e. The molecule has 86 valence electrons. The van der Waals surface area contributed by atoms with E-state index in [2.05, 4.69) is 33.8 Å². The van der Waals surface area contributed by atoms with Gasteiger partial charge in [0.15, 0.2) is 0 Å². The van der Waals surface area contributed by atoms with E-state index in [1.54, 1.807) is 0 Å². The quantitative estimate of drug-likeness (QED) is 0.874. The predicted molar refractivity (Wildman–Crippen MR) is 63.1 cm³/mol. The summed E-state index contributed by atoms with van der Waals surface area (Å²) >= 11 is 1.38. The maximum Gasteiger partial charge on any atom is 0.0893 e. The highest BCUT2D eigenvalue weighted by atomic mass is 32.1. The summed E-state index contributed by atoms with van der Waals surface area (Å²) in [6.45, 7) is 4.95. The normalized spacial score (nSPS) is 12.9. The number of nitrogens with one attached hydrogen (secondary N) is 1. The van der Waals surface area contributed by atoms with Crippen LogP contribution in [0.25, 0.3) is 0 Å². The molecule has 0 aliphatic carbocycles. The Hall–Kier alpha value is -1.27. The summed E-state index contributed by atoms with van der Waals surface area (Å²) in [7, 11) is 1.95. The van der Waals surface area contributed by atoms with Gasteiger partial charge in [-0.25, -0.2) is 0 Å². The van der Waals surface area contributed by atoms with Gasteiger partial charge in [0.25, 0.3) is 0 Å². The van der Waals surface area contributed by atoms with Crippen LogP contribution in [0.4, 0.5) is 0 Å². The predicted octanol–water partition coefficient (Wildman–Crippen LogP) is 1.43. The third-order valence-corrected chi connectivity index (χ3v) is 3.29. The molecule has 0 bridgehead atoms. The SMILES string of the molecule is Cc1c(C(C)NCc2csnn2)cnn1C. The summed E-state index contributed by atoms with van der Waals surface area (Å²) in [5.41, 5.74) is 3.40. The summed E-state index contributed by atoms with van der Waals surface area (Å²) in [4.78, 5) is 0.